The van der Waals surface area contributed by atoms with Crippen molar-refractivity contribution in [1.29, 1.82) is 0 Å². The number of carbonyl (C=O) groups is 1. The maximum absolute atomic E-state index is 12.6. The van der Waals surface area contributed by atoms with E-state index in [1.807, 2.05) is 42.5 Å². The number of aryl methyl sites for hydroxylation is 1. The molecule has 0 aliphatic heterocycles. The lowest BCUT2D eigenvalue weighted by molar-refractivity contribution is 0.102. The first-order chi connectivity index (χ1) is 15.5. The summed E-state index contributed by atoms with van der Waals surface area (Å²) in [7, 11) is 2.05. The fraction of sp³-hybridized carbons (Fsp3) is 0.192. The van der Waals surface area contributed by atoms with Gasteiger partial charge in [0.2, 0.25) is 0 Å². The van der Waals surface area contributed by atoms with E-state index in [2.05, 4.69) is 46.2 Å². The second-order valence-electron chi connectivity index (χ2n) is 7.95. The zero-order valence-electron chi connectivity index (χ0n) is 18.2. The Kier molecular flexibility index (Phi) is 6.54. The molecule has 0 atom stereocenters. The number of amides is 1. The highest BCUT2D eigenvalue weighted by Gasteiger charge is 2.13. The minimum Gasteiger partial charge on any atom is -0.397 e. The van der Waals surface area contributed by atoms with Crippen molar-refractivity contribution in [3.05, 3.63) is 95.7 Å². The molecule has 3 aromatic carbocycles. The standard InChI is InChI=1S/C26H28N4O2/c1-29-17-21(22-6-2-5-9-25(22)29)18-30(14-15-31)16-19-10-12-20(13-11-19)26(32)28-24-8-4-3-7-23(24)27/h2-13,17,31H,14-16,18,27H2,1H3,(H,28,32). The lowest BCUT2D eigenvalue weighted by Crippen LogP contribution is -2.26. The number of anilines is 2. The summed E-state index contributed by atoms with van der Waals surface area (Å²) in [6, 6.07) is 23.1. The number of hydrogen-bond donors (Lipinski definition) is 3. The summed E-state index contributed by atoms with van der Waals surface area (Å²) in [5.41, 5.74) is 11.1. The zero-order valence-corrected chi connectivity index (χ0v) is 18.2. The summed E-state index contributed by atoms with van der Waals surface area (Å²) in [6.45, 7) is 2.07. The summed E-state index contributed by atoms with van der Waals surface area (Å²) < 4.78 is 2.13. The van der Waals surface area contributed by atoms with E-state index < -0.39 is 0 Å². The summed E-state index contributed by atoms with van der Waals surface area (Å²) in [5.74, 6) is -0.197. The number of nitrogen functional groups attached to an aromatic ring is 1. The molecule has 0 radical (unpaired) electrons. The van der Waals surface area contributed by atoms with Gasteiger partial charge in [-0.25, -0.2) is 0 Å². The normalized spacial score (nSPS) is 11.2. The number of aromatic nitrogens is 1. The highest BCUT2D eigenvalue weighted by Crippen LogP contribution is 2.23. The number of nitrogens with one attached hydrogen (secondary N) is 1. The van der Waals surface area contributed by atoms with Crippen LogP contribution in [0.3, 0.4) is 0 Å². The van der Waals surface area contributed by atoms with Crippen molar-refractivity contribution in [3.63, 3.8) is 0 Å². The van der Waals surface area contributed by atoms with Crippen molar-refractivity contribution >= 4 is 28.2 Å². The highest BCUT2D eigenvalue weighted by molar-refractivity contribution is 6.05. The van der Waals surface area contributed by atoms with Crippen molar-refractivity contribution in [1.82, 2.24) is 9.47 Å². The summed E-state index contributed by atoms with van der Waals surface area (Å²) in [6.07, 6.45) is 2.15. The topological polar surface area (TPSA) is 83.5 Å². The number of nitrogens with two attached hydrogens (primary N) is 1. The molecule has 164 valence electrons. The van der Waals surface area contributed by atoms with Gasteiger partial charge in [-0.2, -0.15) is 0 Å². The number of carbonyl (C=O) groups excluding carboxylic acids is 1. The van der Waals surface area contributed by atoms with Crippen LogP contribution in [0.5, 0.6) is 0 Å². The maximum Gasteiger partial charge on any atom is 0.255 e. The molecule has 0 aliphatic carbocycles. The van der Waals surface area contributed by atoms with Gasteiger partial charge in [-0.1, -0.05) is 42.5 Å². The molecule has 0 bridgehead atoms. The Morgan fingerprint density at radius 3 is 2.47 bits per heavy atom. The van der Waals surface area contributed by atoms with Gasteiger partial charge in [0.1, 0.15) is 0 Å². The van der Waals surface area contributed by atoms with Crippen LogP contribution < -0.4 is 11.1 Å². The highest BCUT2D eigenvalue weighted by atomic mass is 16.3. The smallest absolute Gasteiger partial charge is 0.255 e. The van der Waals surface area contributed by atoms with Crippen LogP contribution in [0.25, 0.3) is 10.9 Å². The van der Waals surface area contributed by atoms with Crippen molar-refractivity contribution in [2.24, 2.45) is 7.05 Å². The number of aliphatic hydroxyl groups is 1. The molecular weight excluding hydrogens is 400 g/mol. The second kappa shape index (κ2) is 9.68. The van der Waals surface area contributed by atoms with Crippen LogP contribution in [-0.2, 0) is 20.1 Å². The van der Waals surface area contributed by atoms with E-state index in [1.165, 1.54) is 16.5 Å². The maximum atomic E-state index is 12.6. The van der Waals surface area contributed by atoms with Crippen LogP contribution in [0.15, 0.2) is 79.0 Å². The average Bonchev–Trinajstić information content (AvgIpc) is 3.11. The molecule has 1 heterocycles. The minimum atomic E-state index is -0.197. The van der Waals surface area contributed by atoms with Gasteiger partial charge in [0.05, 0.1) is 18.0 Å². The summed E-state index contributed by atoms with van der Waals surface area (Å²) in [4.78, 5) is 14.8. The predicted octanol–water partition coefficient (Wildman–Crippen LogP) is 4.01. The molecule has 1 aromatic heterocycles. The molecule has 0 spiro atoms. The molecule has 32 heavy (non-hydrogen) atoms. The first-order valence-electron chi connectivity index (χ1n) is 10.7. The number of hydrogen-bond acceptors (Lipinski definition) is 4. The molecule has 4 aromatic rings. The summed E-state index contributed by atoms with van der Waals surface area (Å²) in [5, 5.41) is 13.7. The van der Waals surface area contributed by atoms with E-state index in [0.717, 1.165) is 12.1 Å². The Balaban J connectivity index is 1.45. The molecule has 4 N–H and O–H groups in total. The number of nitrogens with zero attached hydrogens (tertiary/aromatic N) is 2. The Labute approximate surface area is 187 Å². The van der Waals surface area contributed by atoms with E-state index in [0.29, 0.717) is 30.0 Å². The van der Waals surface area contributed by atoms with Crippen LogP contribution >= 0.6 is 0 Å². The van der Waals surface area contributed by atoms with Crippen LogP contribution in [0.1, 0.15) is 21.5 Å². The van der Waals surface area contributed by atoms with Crippen LogP contribution in [-0.4, -0.2) is 33.6 Å². The molecule has 0 aliphatic rings. The van der Waals surface area contributed by atoms with Gasteiger partial charge < -0.3 is 20.7 Å². The van der Waals surface area contributed by atoms with Crippen molar-refractivity contribution in [2.45, 2.75) is 13.1 Å². The van der Waals surface area contributed by atoms with Crippen molar-refractivity contribution in [3.8, 4) is 0 Å². The van der Waals surface area contributed by atoms with E-state index in [1.54, 1.807) is 12.1 Å². The Hall–Kier alpha value is -3.61. The Morgan fingerprint density at radius 2 is 1.72 bits per heavy atom. The second-order valence-corrected chi connectivity index (χ2v) is 7.95. The molecule has 0 unspecified atom stereocenters. The van der Waals surface area contributed by atoms with Crippen LogP contribution in [0, 0.1) is 0 Å². The van der Waals surface area contributed by atoms with E-state index in [4.69, 9.17) is 5.73 Å². The lowest BCUT2D eigenvalue weighted by Gasteiger charge is -2.21. The number of benzene rings is 3. The third-order valence-electron chi connectivity index (χ3n) is 5.62. The van der Waals surface area contributed by atoms with Gasteiger partial charge in [-0.05, 0) is 41.5 Å². The van der Waals surface area contributed by atoms with Crippen molar-refractivity contribution < 1.29 is 9.90 Å². The van der Waals surface area contributed by atoms with E-state index in [9.17, 15) is 9.90 Å². The molecule has 6 heteroatoms. The molecular formula is C26H28N4O2. The number of fused-ring (bicyclic) bond motifs is 1. The SMILES string of the molecule is Cn1cc(CN(CCO)Cc2ccc(C(=O)Nc3ccccc3N)cc2)c2ccccc21. The van der Waals surface area contributed by atoms with E-state index >= 15 is 0 Å². The van der Waals surface area contributed by atoms with Crippen LogP contribution in [0.4, 0.5) is 11.4 Å². The molecule has 0 fully saturated rings. The molecule has 0 saturated heterocycles. The quantitative estimate of drug-likeness (QED) is 0.370. The molecule has 1 amide bonds. The first kappa shape index (κ1) is 21.6. The fourth-order valence-electron chi connectivity index (χ4n) is 3.97. The van der Waals surface area contributed by atoms with Gasteiger partial charge in [-0.15, -0.1) is 0 Å². The largest absolute Gasteiger partial charge is 0.397 e. The van der Waals surface area contributed by atoms with Crippen molar-refractivity contribution in [2.75, 3.05) is 24.2 Å². The number of aliphatic hydroxyl groups excluding tert-OH is 1. The van der Waals surface area contributed by atoms with Gasteiger partial charge in [0.25, 0.3) is 5.91 Å². The third kappa shape index (κ3) is 4.82. The molecule has 4 rings (SSSR count). The van der Waals surface area contributed by atoms with Gasteiger partial charge in [0, 0.05) is 49.3 Å². The monoisotopic (exact) mass is 428 g/mol. The van der Waals surface area contributed by atoms with Crippen LogP contribution in [0.2, 0.25) is 0 Å². The average molecular weight is 429 g/mol. The molecule has 0 saturated carbocycles. The number of para-hydroxylation sites is 3. The zero-order chi connectivity index (χ0) is 22.5. The van der Waals surface area contributed by atoms with Gasteiger partial charge in [-0.3, -0.25) is 9.69 Å². The predicted molar refractivity (Wildman–Crippen MR) is 129 cm³/mol. The lowest BCUT2D eigenvalue weighted by atomic mass is 10.1. The first-order valence-corrected chi connectivity index (χ1v) is 10.7. The van der Waals surface area contributed by atoms with E-state index in [-0.39, 0.29) is 12.5 Å². The minimum absolute atomic E-state index is 0.0871. The summed E-state index contributed by atoms with van der Waals surface area (Å²) >= 11 is 0. The fourth-order valence-corrected chi connectivity index (χ4v) is 3.97. The Bertz CT molecular complexity index is 1210. The third-order valence-corrected chi connectivity index (χ3v) is 5.62. The van der Waals surface area contributed by atoms with Gasteiger partial charge >= 0.3 is 0 Å². The van der Waals surface area contributed by atoms with Gasteiger partial charge in [0.15, 0.2) is 0 Å². The number of rotatable bonds is 8. The molecule has 6 nitrogen and oxygen atoms in total. The Morgan fingerprint density at radius 1 is 1.00 bits per heavy atom.